The van der Waals surface area contributed by atoms with E-state index >= 15 is 0 Å². The lowest BCUT2D eigenvalue weighted by Gasteiger charge is -2.20. The summed E-state index contributed by atoms with van der Waals surface area (Å²) in [5.74, 6) is 0.0102. The third-order valence-electron chi connectivity index (χ3n) is 5.08. The lowest BCUT2D eigenvalue weighted by atomic mass is 10.0. The van der Waals surface area contributed by atoms with Gasteiger partial charge in [0, 0.05) is 6.20 Å². The Kier molecular flexibility index (Phi) is 4.95. The number of rotatable bonds is 5. The fraction of sp³-hybridized carbons (Fsp3) is 0.0800. The normalized spacial score (nSPS) is 11.1. The van der Waals surface area contributed by atoms with E-state index in [1.165, 1.54) is 11.3 Å². The van der Waals surface area contributed by atoms with Gasteiger partial charge in [-0.1, -0.05) is 72.0 Å². The van der Waals surface area contributed by atoms with Crippen LogP contribution in [-0.4, -0.2) is 15.9 Å². The molecule has 0 N–H and O–H groups in total. The molecule has 5 heteroatoms. The first-order valence-electron chi connectivity index (χ1n) is 9.80. The highest BCUT2D eigenvalue weighted by atomic mass is 32.1. The first-order valence-corrected chi connectivity index (χ1v) is 10.6. The van der Waals surface area contributed by atoms with Gasteiger partial charge in [0.1, 0.15) is 0 Å². The molecule has 2 heterocycles. The monoisotopic (exact) mass is 409 g/mol. The zero-order valence-corrected chi connectivity index (χ0v) is 17.0. The van der Waals surface area contributed by atoms with Crippen molar-refractivity contribution in [2.24, 2.45) is 0 Å². The SMILES string of the molecule is O=C(Cc1cccc2ccccc12)N(Cc1ccccn1)c1nc2ccccc2s1. The molecule has 0 aliphatic rings. The number of amides is 1. The van der Waals surface area contributed by atoms with Crippen molar-refractivity contribution < 1.29 is 4.79 Å². The number of fused-ring (bicyclic) bond motifs is 2. The van der Waals surface area contributed by atoms with Crippen LogP contribution in [0, 0.1) is 0 Å². The second-order valence-corrected chi connectivity index (χ2v) is 8.09. The number of hydrogen-bond acceptors (Lipinski definition) is 4. The lowest BCUT2D eigenvalue weighted by Crippen LogP contribution is -2.32. The smallest absolute Gasteiger partial charge is 0.233 e. The average molecular weight is 410 g/mol. The minimum absolute atomic E-state index is 0.0102. The molecule has 0 bridgehead atoms. The van der Waals surface area contributed by atoms with Crippen molar-refractivity contribution in [1.82, 2.24) is 9.97 Å². The molecule has 0 spiro atoms. The van der Waals surface area contributed by atoms with Gasteiger partial charge >= 0.3 is 0 Å². The Morgan fingerprint density at radius 2 is 1.67 bits per heavy atom. The summed E-state index contributed by atoms with van der Waals surface area (Å²) in [6.07, 6.45) is 2.06. The number of aromatic nitrogens is 2. The number of carbonyl (C=O) groups is 1. The molecule has 0 saturated heterocycles. The molecule has 0 saturated carbocycles. The van der Waals surface area contributed by atoms with Crippen LogP contribution in [0.2, 0.25) is 0 Å². The molecule has 1 amide bonds. The molecule has 0 fully saturated rings. The highest BCUT2D eigenvalue weighted by Gasteiger charge is 2.21. The molecule has 4 nitrogen and oxygen atoms in total. The Labute approximate surface area is 178 Å². The van der Waals surface area contributed by atoms with Crippen molar-refractivity contribution >= 4 is 43.4 Å². The van der Waals surface area contributed by atoms with Crippen LogP contribution in [0.4, 0.5) is 5.13 Å². The predicted octanol–water partition coefficient (Wildman–Crippen LogP) is 5.62. The standard InChI is InChI=1S/C25H19N3OS/c29-24(16-19-10-7-9-18-8-1-2-12-21(18)19)28(17-20-11-5-6-15-26-20)25-27-22-13-3-4-14-23(22)30-25/h1-15H,16-17H2. The zero-order chi connectivity index (χ0) is 20.3. The summed E-state index contributed by atoms with van der Waals surface area (Å²) in [5, 5.41) is 2.95. The Hall–Kier alpha value is -3.57. The highest BCUT2D eigenvalue weighted by molar-refractivity contribution is 7.22. The molecule has 2 aromatic heterocycles. The largest absolute Gasteiger partial charge is 0.282 e. The molecule has 0 radical (unpaired) electrons. The van der Waals surface area contributed by atoms with Crippen LogP contribution in [0.25, 0.3) is 21.0 Å². The first-order chi connectivity index (χ1) is 14.8. The summed E-state index contributed by atoms with van der Waals surface area (Å²) >= 11 is 1.53. The van der Waals surface area contributed by atoms with Gasteiger partial charge < -0.3 is 0 Å². The van der Waals surface area contributed by atoms with Crippen molar-refractivity contribution in [2.45, 2.75) is 13.0 Å². The minimum atomic E-state index is 0.0102. The van der Waals surface area contributed by atoms with Gasteiger partial charge in [-0.25, -0.2) is 4.98 Å². The van der Waals surface area contributed by atoms with E-state index in [4.69, 9.17) is 4.98 Å². The van der Waals surface area contributed by atoms with Crippen molar-refractivity contribution in [3.8, 4) is 0 Å². The van der Waals surface area contributed by atoms with E-state index in [1.807, 2.05) is 66.7 Å². The quantitative estimate of drug-likeness (QED) is 0.378. The number of benzene rings is 3. The Morgan fingerprint density at radius 1 is 0.867 bits per heavy atom. The molecule has 0 aliphatic carbocycles. The molecule has 30 heavy (non-hydrogen) atoms. The van der Waals surface area contributed by atoms with Crippen molar-refractivity contribution in [2.75, 3.05) is 4.90 Å². The van der Waals surface area contributed by atoms with E-state index in [2.05, 4.69) is 23.2 Å². The van der Waals surface area contributed by atoms with Crippen LogP contribution in [-0.2, 0) is 17.8 Å². The van der Waals surface area contributed by atoms with E-state index in [0.717, 1.165) is 32.2 Å². The fourth-order valence-corrected chi connectivity index (χ4v) is 4.58. The Balaban J connectivity index is 1.52. The van der Waals surface area contributed by atoms with E-state index in [9.17, 15) is 4.79 Å². The molecular formula is C25H19N3OS. The van der Waals surface area contributed by atoms with E-state index in [-0.39, 0.29) is 5.91 Å². The summed E-state index contributed by atoms with van der Waals surface area (Å²) in [7, 11) is 0. The first kappa shape index (κ1) is 18.5. The van der Waals surface area contributed by atoms with E-state index in [1.54, 1.807) is 11.1 Å². The number of pyridine rings is 1. The van der Waals surface area contributed by atoms with Crippen LogP contribution >= 0.6 is 11.3 Å². The summed E-state index contributed by atoms with van der Waals surface area (Å²) < 4.78 is 1.07. The molecule has 3 aromatic carbocycles. The van der Waals surface area contributed by atoms with Crippen LogP contribution < -0.4 is 4.90 Å². The van der Waals surface area contributed by atoms with Gasteiger partial charge in [-0.05, 0) is 40.6 Å². The Morgan fingerprint density at radius 3 is 2.53 bits per heavy atom. The molecular weight excluding hydrogens is 390 g/mol. The van der Waals surface area contributed by atoms with Crippen LogP contribution in [0.1, 0.15) is 11.3 Å². The topological polar surface area (TPSA) is 46.1 Å². The lowest BCUT2D eigenvalue weighted by molar-refractivity contribution is -0.118. The number of carbonyl (C=O) groups excluding carboxylic acids is 1. The van der Waals surface area contributed by atoms with Gasteiger partial charge in [-0.3, -0.25) is 14.7 Å². The molecule has 5 rings (SSSR count). The summed E-state index contributed by atoms with van der Waals surface area (Å²) in [6.45, 7) is 0.393. The third-order valence-corrected chi connectivity index (χ3v) is 6.14. The maximum atomic E-state index is 13.5. The average Bonchev–Trinajstić information content (AvgIpc) is 3.22. The maximum Gasteiger partial charge on any atom is 0.233 e. The summed E-state index contributed by atoms with van der Waals surface area (Å²) in [6, 6.07) is 28.0. The van der Waals surface area contributed by atoms with Crippen LogP contribution in [0.3, 0.4) is 0 Å². The highest BCUT2D eigenvalue weighted by Crippen LogP contribution is 2.30. The van der Waals surface area contributed by atoms with Gasteiger partial charge in [0.05, 0.1) is 28.9 Å². The molecule has 0 atom stereocenters. The molecule has 0 aliphatic heterocycles. The second kappa shape index (κ2) is 8.05. The van der Waals surface area contributed by atoms with Crippen LogP contribution in [0.15, 0.2) is 91.1 Å². The summed E-state index contributed by atoms with van der Waals surface area (Å²) in [4.78, 5) is 24.4. The van der Waals surface area contributed by atoms with E-state index < -0.39 is 0 Å². The van der Waals surface area contributed by atoms with Crippen molar-refractivity contribution in [3.05, 3.63) is 102 Å². The zero-order valence-electron chi connectivity index (χ0n) is 16.2. The Bertz CT molecular complexity index is 1290. The van der Waals surface area contributed by atoms with Crippen molar-refractivity contribution in [1.29, 1.82) is 0 Å². The number of hydrogen-bond donors (Lipinski definition) is 0. The number of anilines is 1. The van der Waals surface area contributed by atoms with Gasteiger partial charge in [0.15, 0.2) is 5.13 Å². The molecule has 0 unspecified atom stereocenters. The van der Waals surface area contributed by atoms with Crippen LogP contribution in [0.5, 0.6) is 0 Å². The van der Waals surface area contributed by atoms with E-state index in [0.29, 0.717) is 18.1 Å². The van der Waals surface area contributed by atoms with Gasteiger partial charge in [0.25, 0.3) is 0 Å². The van der Waals surface area contributed by atoms with Gasteiger partial charge in [-0.2, -0.15) is 0 Å². The molecule has 146 valence electrons. The van der Waals surface area contributed by atoms with Gasteiger partial charge in [-0.15, -0.1) is 0 Å². The van der Waals surface area contributed by atoms with Gasteiger partial charge in [0.2, 0.25) is 5.91 Å². The fourth-order valence-electron chi connectivity index (χ4n) is 3.60. The molecule has 5 aromatic rings. The second-order valence-electron chi connectivity index (χ2n) is 7.08. The summed E-state index contributed by atoms with van der Waals surface area (Å²) in [5.41, 5.74) is 2.76. The number of para-hydroxylation sites is 1. The third kappa shape index (κ3) is 3.67. The number of nitrogens with zero attached hydrogens (tertiary/aromatic N) is 3. The minimum Gasteiger partial charge on any atom is -0.282 e. The maximum absolute atomic E-state index is 13.5. The predicted molar refractivity (Wildman–Crippen MR) is 123 cm³/mol. The van der Waals surface area contributed by atoms with Crippen molar-refractivity contribution in [3.63, 3.8) is 0 Å². The number of thiazole rings is 1.